The topological polar surface area (TPSA) is 107 Å². The number of rotatable bonds is 13. The summed E-state index contributed by atoms with van der Waals surface area (Å²) in [6, 6.07) is 45.1. The summed E-state index contributed by atoms with van der Waals surface area (Å²) < 4.78 is 17.1. The summed E-state index contributed by atoms with van der Waals surface area (Å²) in [6.07, 6.45) is 2.49. The number of fused-ring (bicyclic) bond motifs is 1. The van der Waals surface area contributed by atoms with E-state index in [2.05, 4.69) is 102 Å². The van der Waals surface area contributed by atoms with Gasteiger partial charge in [0, 0.05) is 24.7 Å². The highest BCUT2D eigenvalue weighted by molar-refractivity contribution is 7.95. The second kappa shape index (κ2) is 18.5. The van der Waals surface area contributed by atoms with Gasteiger partial charge in [0.15, 0.2) is 16.8 Å². The van der Waals surface area contributed by atoms with Gasteiger partial charge in [-0.05, 0) is 87.2 Å². The standard InChI is InChI=1S/C43H41N2O6P.BrH/c1-3-44-42(47)50-38-28-27-36-37(46)30-39(49-40(36)41(38)51-43(48)45-4-2)32-25-23-31(24-26-32)16-14-15-29-52(33-17-8-5-9-18-33,34-19-10-6-11-20-34)35-21-12-7-13-22-35;/h5-13,17-28,30H,3-4,14-16,29H2,1-2H3,(H-,44,45,47,48);1H. The number of halogens is 1. The number of carbonyl (C=O) groups is 2. The molecule has 1 heterocycles. The lowest BCUT2D eigenvalue weighted by atomic mass is 10.0. The highest BCUT2D eigenvalue weighted by Gasteiger charge is 2.44. The number of aryl methyl sites for hydroxylation is 1. The fourth-order valence-electron chi connectivity index (χ4n) is 6.44. The largest absolute Gasteiger partial charge is 1.00 e. The van der Waals surface area contributed by atoms with Crippen molar-refractivity contribution in [3.05, 3.63) is 149 Å². The molecule has 2 N–H and O–H groups in total. The molecule has 0 radical (unpaired) electrons. The number of carbonyl (C=O) groups excluding carboxylic acids is 2. The summed E-state index contributed by atoms with van der Waals surface area (Å²) in [5.74, 6) is 0.0763. The Balaban J connectivity index is 0.00000541. The fraction of sp³-hybridized carbons (Fsp3) is 0.186. The minimum Gasteiger partial charge on any atom is -1.00 e. The molecule has 6 rings (SSSR count). The van der Waals surface area contributed by atoms with Gasteiger partial charge >= 0.3 is 12.2 Å². The predicted octanol–water partition coefficient (Wildman–Crippen LogP) is 5.00. The van der Waals surface area contributed by atoms with Crippen LogP contribution in [0, 0.1) is 0 Å². The highest BCUT2D eigenvalue weighted by Crippen LogP contribution is 2.56. The van der Waals surface area contributed by atoms with Gasteiger partial charge in [-0.15, -0.1) is 0 Å². The number of nitrogens with one attached hydrogen (secondary N) is 2. The number of amides is 2. The van der Waals surface area contributed by atoms with Crippen molar-refractivity contribution >= 4 is 46.3 Å². The zero-order valence-corrected chi connectivity index (χ0v) is 32.2. The lowest BCUT2D eigenvalue weighted by Crippen LogP contribution is -3.00. The number of hydrogen-bond donors (Lipinski definition) is 2. The van der Waals surface area contributed by atoms with E-state index in [0.717, 1.165) is 25.4 Å². The molecular weight excluding hydrogens is 751 g/mol. The second-order valence-corrected chi connectivity index (χ2v) is 15.9. The molecule has 0 saturated carbocycles. The first-order chi connectivity index (χ1) is 25.4. The van der Waals surface area contributed by atoms with Crippen LogP contribution in [0.15, 0.2) is 143 Å². The van der Waals surface area contributed by atoms with Crippen LogP contribution in [0.2, 0.25) is 0 Å². The van der Waals surface area contributed by atoms with Crippen molar-refractivity contribution in [2.24, 2.45) is 0 Å². The number of benzene rings is 5. The second-order valence-electron chi connectivity index (χ2n) is 12.3. The molecule has 272 valence electrons. The third kappa shape index (κ3) is 9.05. The van der Waals surface area contributed by atoms with E-state index in [1.54, 1.807) is 13.8 Å². The fourth-order valence-corrected chi connectivity index (χ4v) is 10.9. The SMILES string of the molecule is CCNC(=O)Oc1ccc2c(=O)cc(-c3ccc(CCCC[P+](c4ccccc4)(c4ccccc4)c4ccccc4)cc3)oc2c1OC(=O)NCC.[Br-]. The third-order valence-corrected chi connectivity index (χ3v) is 13.4. The van der Waals surface area contributed by atoms with Crippen molar-refractivity contribution in [2.45, 2.75) is 33.1 Å². The molecule has 2 amide bonds. The first kappa shape index (κ1) is 39.0. The Morgan fingerprint density at radius 3 is 1.72 bits per heavy atom. The average molecular weight is 794 g/mol. The molecule has 0 spiro atoms. The Labute approximate surface area is 320 Å². The van der Waals surface area contributed by atoms with Gasteiger partial charge in [0.1, 0.15) is 28.9 Å². The van der Waals surface area contributed by atoms with Gasteiger partial charge < -0.3 is 41.5 Å². The van der Waals surface area contributed by atoms with E-state index in [4.69, 9.17) is 13.9 Å². The summed E-state index contributed by atoms with van der Waals surface area (Å²) in [6.45, 7) is 4.14. The minimum atomic E-state index is -1.89. The van der Waals surface area contributed by atoms with Crippen molar-refractivity contribution in [2.75, 3.05) is 19.3 Å². The molecule has 10 heteroatoms. The summed E-state index contributed by atoms with van der Waals surface area (Å²) in [4.78, 5) is 38.0. The quantitative estimate of drug-likeness (QED) is 0.126. The summed E-state index contributed by atoms with van der Waals surface area (Å²) in [5.41, 5.74) is 1.53. The van der Waals surface area contributed by atoms with Gasteiger partial charge in [-0.3, -0.25) is 4.79 Å². The molecule has 0 aliphatic heterocycles. The monoisotopic (exact) mass is 792 g/mol. The van der Waals surface area contributed by atoms with Crippen molar-refractivity contribution in [3.63, 3.8) is 0 Å². The molecule has 0 aliphatic carbocycles. The van der Waals surface area contributed by atoms with E-state index in [-0.39, 0.29) is 44.9 Å². The van der Waals surface area contributed by atoms with Gasteiger partial charge in [-0.1, -0.05) is 78.9 Å². The first-order valence-electron chi connectivity index (χ1n) is 17.6. The maximum Gasteiger partial charge on any atom is 0.412 e. The van der Waals surface area contributed by atoms with Gasteiger partial charge in [-0.2, -0.15) is 0 Å². The van der Waals surface area contributed by atoms with Crippen LogP contribution in [0.5, 0.6) is 11.5 Å². The van der Waals surface area contributed by atoms with Crippen molar-refractivity contribution in [1.82, 2.24) is 10.6 Å². The first-order valence-corrected chi connectivity index (χ1v) is 19.6. The Morgan fingerprint density at radius 2 is 1.19 bits per heavy atom. The molecule has 0 atom stereocenters. The van der Waals surface area contributed by atoms with Crippen molar-refractivity contribution in [1.29, 1.82) is 0 Å². The third-order valence-electron chi connectivity index (χ3n) is 8.89. The average Bonchev–Trinajstić information content (AvgIpc) is 3.17. The Hall–Kier alpha value is -5.24. The lowest BCUT2D eigenvalue weighted by molar-refractivity contribution is -0.0000202. The Morgan fingerprint density at radius 1 is 0.660 bits per heavy atom. The molecule has 0 saturated heterocycles. The molecule has 0 bridgehead atoms. The van der Waals surface area contributed by atoms with Crippen LogP contribution < -0.4 is 58.4 Å². The van der Waals surface area contributed by atoms with Crippen molar-refractivity contribution in [3.8, 4) is 22.8 Å². The summed E-state index contributed by atoms with van der Waals surface area (Å²) in [7, 11) is -1.89. The van der Waals surface area contributed by atoms with Crippen LogP contribution >= 0.6 is 7.26 Å². The normalized spacial score (nSPS) is 11.0. The Bertz CT molecular complexity index is 2080. The number of unbranched alkanes of at least 4 members (excludes halogenated alkanes) is 1. The summed E-state index contributed by atoms with van der Waals surface area (Å²) >= 11 is 0. The lowest BCUT2D eigenvalue weighted by Gasteiger charge is -2.27. The minimum absolute atomic E-state index is 0. The van der Waals surface area contributed by atoms with E-state index in [9.17, 15) is 14.4 Å². The zero-order chi connectivity index (χ0) is 36.3. The van der Waals surface area contributed by atoms with Crippen LogP contribution in [0.4, 0.5) is 9.59 Å². The van der Waals surface area contributed by atoms with E-state index in [1.165, 1.54) is 39.7 Å². The van der Waals surface area contributed by atoms with E-state index in [0.29, 0.717) is 24.4 Å². The smallest absolute Gasteiger partial charge is 0.412 e. The van der Waals surface area contributed by atoms with E-state index < -0.39 is 19.4 Å². The summed E-state index contributed by atoms with van der Waals surface area (Å²) in [5, 5.41) is 9.43. The maximum atomic E-state index is 13.3. The number of hydrogen-bond acceptors (Lipinski definition) is 6. The van der Waals surface area contributed by atoms with Gasteiger partial charge in [0.05, 0.1) is 11.5 Å². The maximum absolute atomic E-state index is 13.3. The molecule has 5 aromatic carbocycles. The van der Waals surface area contributed by atoms with Crippen LogP contribution in [0.3, 0.4) is 0 Å². The van der Waals surface area contributed by atoms with Gasteiger partial charge in [-0.25, -0.2) is 9.59 Å². The molecule has 53 heavy (non-hydrogen) atoms. The van der Waals surface area contributed by atoms with E-state index in [1.807, 2.05) is 24.3 Å². The molecule has 0 fully saturated rings. The van der Waals surface area contributed by atoms with E-state index >= 15 is 0 Å². The molecular formula is C43H42BrN2O6P. The van der Waals surface area contributed by atoms with Gasteiger partial charge in [0.25, 0.3) is 0 Å². The molecule has 0 unspecified atom stereocenters. The predicted molar refractivity (Wildman–Crippen MR) is 210 cm³/mol. The number of ether oxygens (including phenoxy) is 2. The molecule has 6 aromatic rings. The zero-order valence-electron chi connectivity index (χ0n) is 29.7. The van der Waals surface area contributed by atoms with Crippen LogP contribution in [0.1, 0.15) is 32.3 Å². The van der Waals surface area contributed by atoms with Crippen LogP contribution in [-0.4, -0.2) is 31.4 Å². The highest BCUT2D eigenvalue weighted by atomic mass is 79.9. The van der Waals surface area contributed by atoms with Crippen LogP contribution in [-0.2, 0) is 6.42 Å². The molecule has 1 aromatic heterocycles. The molecule has 0 aliphatic rings. The van der Waals surface area contributed by atoms with Crippen molar-refractivity contribution < 1.29 is 40.5 Å². The Kier molecular flexibility index (Phi) is 13.6. The molecule has 8 nitrogen and oxygen atoms in total. The van der Waals surface area contributed by atoms with Crippen LogP contribution in [0.25, 0.3) is 22.3 Å². The van der Waals surface area contributed by atoms with Gasteiger partial charge in [0.2, 0.25) is 5.75 Å².